The molecule has 0 bridgehead atoms. The molecule has 0 rings (SSSR count). The van der Waals surface area contributed by atoms with Gasteiger partial charge in [-0.3, -0.25) is 0 Å². The molecule has 70 valence electrons. The monoisotopic (exact) mass is 242 g/mol. The predicted octanol–water partition coefficient (Wildman–Crippen LogP) is 3.35. The SMILES string of the molecule is C#CC(C)(Cl)CC(C)C.[Cl][Cu]. The van der Waals surface area contributed by atoms with Crippen molar-refractivity contribution in [2.75, 3.05) is 0 Å². The van der Waals surface area contributed by atoms with Crippen molar-refractivity contribution in [1.82, 2.24) is 0 Å². The molecule has 0 amide bonds. The molecule has 11 heavy (non-hydrogen) atoms. The molecule has 0 heterocycles. The molecule has 0 aromatic carbocycles. The number of hydrogen-bond donors (Lipinski definition) is 0. The Morgan fingerprint density at radius 1 is 1.55 bits per heavy atom. The Morgan fingerprint density at radius 2 is 1.91 bits per heavy atom. The van der Waals surface area contributed by atoms with E-state index in [0.717, 1.165) is 6.42 Å². The zero-order valence-corrected chi connectivity index (χ0v) is 9.37. The van der Waals surface area contributed by atoms with E-state index in [2.05, 4.69) is 45.0 Å². The van der Waals surface area contributed by atoms with Gasteiger partial charge in [-0.1, -0.05) is 19.8 Å². The molecule has 0 aliphatic carbocycles. The summed E-state index contributed by atoms with van der Waals surface area (Å²) in [4.78, 5) is -0.436. The Bertz CT molecular complexity index is 125. The van der Waals surface area contributed by atoms with E-state index in [4.69, 9.17) is 18.0 Å². The van der Waals surface area contributed by atoms with Gasteiger partial charge in [-0.2, -0.15) is 0 Å². The van der Waals surface area contributed by atoms with Crippen molar-refractivity contribution in [3.05, 3.63) is 0 Å². The number of rotatable bonds is 2. The van der Waals surface area contributed by atoms with Gasteiger partial charge in [-0.15, -0.1) is 18.0 Å². The van der Waals surface area contributed by atoms with Crippen molar-refractivity contribution < 1.29 is 15.1 Å². The average Bonchev–Trinajstić information content (AvgIpc) is 1.90. The summed E-state index contributed by atoms with van der Waals surface area (Å²) in [6.45, 7) is 6.09. The standard InChI is InChI=1S/C8H13Cl.ClH.Cu/c1-5-8(4,9)6-7(2)3;;/h1,7H,6H2,2-4H3;1H;/q;;+1/p-1. The first-order valence-corrected chi connectivity index (χ1v) is 4.93. The molecule has 0 aliphatic heterocycles. The number of terminal acetylenes is 1. The molecule has 0 radical (unpaired) electrons. The molecule has 1 atom stereocenters. The number of hydrogen-bond acceptors (Lipinski definition) is 0. The molecule has 0 aliphatic rings. The molecule has 3 heteroatoms. The van der Waals surface area contributed by atoms with Gasteiger partial charge in [0.25, 0.3) is 0 Å². The van der Waals surface area contributed by atoms with Crippen LogP contribution in [0.1, 0.15) is 27.2 Å². The first-order valence-electron chi connectivity index (χ1n) is 3.26. The maximum atomic E-state index is 5.88. The normalized spacial score (nSPS) is 14.5. The molecule has 0 spiro atoms. The Labute approximate surface area is 87.1 Å². The van der Waals surface area contributed by atoms with Gasteiger partial charge < -0.3 is 0 Å². The minimum absolute atomic E-state index is 0.436. The molecule has 0 aromatic rings. The van der Waals surface area contributed by atoms with Gasteiger partial charge in [0.2, 0.25) is 0 Å². The summed E-state index contributed by atoms with van der Waals surface area (Å²) in [6, 6.07) is 0. The summed E-state index contributed by atoms with van der Waals surface area (Å²) in [5.41, 5.74) is 0. The van der Waals surface area contributed by atoms with E-state index >= 15 is 0 Å². The predicted molar refractivity (Wildman–Crippen MR) is 48.4 cm³/mol. The van der Waals surface area contributed by atoms with Crippen LogP contribution in [0.4, 0.5) is 0 Å². The van der Waals surface area contributed by atoms with Crippen LogP contribution in [0.25, 0.3) is 0 Å². The maximum absolute atomic E-state index is 5.88. The quantitative estimate of drug-likeness (QED) is 0.396. The second-order valence-electron chi connectivity index (χ2n) is 2.94. The zero-order chi connectivity index (χ0) is 9.49. The third-order valence-electron chi connectivity index (χ3n) is 1.09. The van der Waals surface area contributed by atoms with E-state index in [1.165, 1.54) is 0 Å². The van der Waals surface area contributed by atoms with Crippen LogP contribution in [0.5, 0.6) is 0 Å². The zero-order valence-electron chi connectivity index (χ0n) is 6.92. The van der Waals surface area contributed by atoms with E-state index in [1.54, 1.807) is 0 Å². The van der Waals surface area contributed by atoms with Crippen LogP contribution in [-0.2, 0) is 15.1 Å². The van der Waals surface area contributed by atoms with Gasteiger partial charge in [0, 0.05) is 0 Å². The van der Waals surface area contributed by atoms with Crippen molar-refractivity contribution in [2.24, 2.45) is 5.92 Å². The number of alkyl halides is 1. The third-order valence-corrected chi connectivity index (χ3v) is 1.36. The van der Waals surface area contributed by atoms with E-state index in [1.807, 2.05) is 6.92 Å². The van der Waals surface area contributed by atoms with Gasteiger partial charge >= 0.3 is 25.2 Å². The average molecular weight is 244 g/mol. The van der Waals surface area contributed by atoms with Crippen LogP contribution in [0.15, 0.2) is 0 Å². The van der Waals surface area contributed by atoms with Crippen molar-refractivity contribution in [3.8, 4) is 12.3 Å². The summed E-state index contributed by atoms with van der Waals surface area (Å²) in [5.74, 6) is 3.11. The van der Waals surface area contributed by atoms with Crippen molar-refractivity contribution >= 4 is 21.7 Å². The van der Waals surface area contributed by atoms with E-state index in [9.17, 15) is 0 Å². The van der Waals surface area contributed by atoms with E-state index in [-0.39, 0.29) is 0 Å². The van der Waals surface area contributed by atoms with Crippen LogP contribution >= 0.6 is 21.7 Å². The van der Waals surface area contributed by atoms with Crippen LogP contribution in [0.3, 0.4) is 0 Å². The fourth-order valence-electron chi connectivity index (χ4n) is 0.826. The Balaban J connectivity index is 0. The summed E-state index contributed by atoms with van der Waals surface area (Å²) in [7, 11) is 4.20. The Morgan fingerprint density at radius 3 is 2.00 bits per heavy atom. The molecule has 0 fully saturated rings. The van der Waals surface area contributed by atoms with E-state index < -0.39 is 4.87 Å². The van der Waals surface area contributed by atoms with Crippen LogP contribution < -0.4 is 0 Å². The summed E-state index contributed by atoms with van der Waals surface area (Å²) < 4.78 is 0. The second kappa shape index (κ2) is 7.32. The van der Waals surface area contributed by atoms with Crippen molar-refractivity contribution in [2.45, 2.75) is 32.1 Å². The molecular weight excluding hydrogens is 231 g/mol. The first-order chi connectivity index (χ1) is 4.98. The molecule has 1 unspecified atom stereocenters. The topological polar surface area (TPSA) is 0 Å². The van der Waals surface area contributed by atoms with E-state index in [0.29, 0.717) is 5.92 Å². The van der Waals surface area contributed by atoms with Gasteiger partial charge in [-0.25, -0.2) is 0 Å². The molecular formula is C8H13Cl2Cu. The Kier molecular flexibility index (Phi) is 9.44. The van der Waals surface area contributed by atoms with Gasteiger partial charge in [0.05, 0.1) is 0 Å². The van der Waals surface area contributed by atoms with Crippen LogP contribution in [0.2, 0.25) is 0 Å². The fraction of sp³-hybridized carbons (Fsp3) is 0.750. The number of halogens is 2. The third kappa shape index (κ3) is 10.7. The summed E-state index contributed by atoms with van der Waals surface area (Å²) in [6.07, 6.45) is 6.05. The van der Waals surface area contributed by atoms with Crippen molar-refractivity contribution in [1.29, 1.82) is 0 Å². The van der Waals surface area contributed by atoms with Crippen molar-refractivity contribution in [3.63, 3.8) is 0 Å². The van der Waals surface area contributed by atoms with Crippen LogP contribution in [0, 0.1) is 18.3 Å². The first kappa shape index (κ1) is 14.2. The van der Waals surface area contributed by atoms with Gasteiger partial charge in [-0.05, 0) is 19.3 Å². The summed E-state index contributed by atoms with van der Waals surface area (Å²) >= 11 is 9.54. The van der Waals surface area contributed by atoms with Gasteiger partial charge in [0.1, 0.15) is 4.87 Å². The molecule has 0 nitrogen and oxygen atoms in total. The molecule has 0 saturated heterocycles. The summed E-state index contributed by atoms with van der Waals surface area (Å²) in [5, 5.41) is 0. The van der Waals surface area contributed by atoms with Crippen LogP contribution in [-0.4, -0.2) is 4.87 Å². The molecule has 0 N–H and O–H groups in total. The minimum atomic E-state index is -0.436. The molecule has 0 saturated carbocycles. The Hall–Kier alpha value is 0.659. The van der Waals surface area contributed by atoms with Gasteiger partial charge in [0.15, 0.2) is 0 Å². The second-order valence-corrected chi connectivity index (χ2v) is 3.77. The molecule has 0 aromatic heterocycles. The fourth-order valence-corrected chi connectivity index (χ4v) is 1.13.